The predicted octanol–water partition coefficient (Wildman–Crippen LogP) is 5.30. The molecule has 0 saturated carbocycles. The second kappa shape index (κ2) is 3.96. The van der Waals surface area contributed by atoms with E-state index in [-0.39, 0.29) is 16.2 Å². The summed E-state index contributed by atoms with van der Waals surface area (Å²) in [4.78, 5) is 0. The van der Waals surface area contributed by atoms with E-state index in [9.17, 15) is 0 Å². The fourth-order valence-electron chi connectivity index (χ4n) is 2.92. The Balaban J connectivity index is 5.53. The van der Waals surface area contributed by atoms with Crippen molar-refractivity contribution in [3.05, 3.63) is 12.2 Å². The van der Waals surface area contributed by atoms with Gasteiger partial charge in [0.05, 0.1) is 0 Å². The van der Waals surface area contributed by atoms with E-state index < -0.39 is 0 Å². The highest BCUT2D eigenvalue weighted by Crippen LogP contribution is 2.57. The smallest absolute Gasteiger partial charge is 0.0166 e. The molecule has 0 heteroatoms. The molecular formula is C15H30. The van der Waals surface area contributed by atoms with Gasteiger partial charge in [-0.25, -0.2) is 0 Å². The van der Waals surface area contributed by atoms with E-state index >= 15 is 0 Å². The van der Waals surface area contributed by atoms with Crippen LogP contribution in [0.4, 0.5) is 0 Å². The highest BCUT2D eigenvalue weighted by Gasteiger charge is 2.50. The maximum Gasteiger partial charge on any atom is -0.0166 e. The molecule has 1 unspecified atom stereocenters. The van der Waals surface area contributed by atoms with Gasteiger partial charge in [0.1, 0.15) is 0 Å². The first-order valence-electron chi connectivity index (χ1n) is 6.01. The van der Waals surface area contributed by atoms with Crippen molar-refractivity contribution in [2.75, 3.05) is 0 Å². The third-order valence-corrected chi connectivity index (χ3v) is 4.72. The largest absolute Gasteiger partial charge is 0.0998 e. The van der Waals surface area contributed by atoms with Crippen LogP contribution >= 0.6 is 0 Å². The summed E-state index contributed by atoms with van der Waals surface area (Å²) < 4.78 is 0. The zero-order valence-corrected chi connectivity index (χ0v) is 12.3. The van der Waals surface area contributed by atoms with Crippen molar-refractivity contribution in [2.45, 2.75) is 62.3 Å². The first-order valence-corrected chi connectivity index (χ1v) is 6.01. The Morgan fingerprint density at radius 2 is 1.13 bits per heavy atom. The summed E-state index contributed by atoms with van der Waals surface area (Å²) in [6.07, 6.45) is 0. The van der Waals surface area contributed by atoms with Crippen molar-refractivity contribution in [1.82, 2.24) is 0 Å². The van der Waals surface area contributed by atoms with Crippen molar-refractivity contribution in [2.24, 2.45) is 22.2 Å². The van der Waals surface area contributed by atoms with E-state index in [1.807, 2.05) is 0 Å². The molecule has 0 bridgehead atoms. The van der Waals surface area contributed by atoms with Crippen LogP contribution in [0.25, 0.3) is 0 Å². The zero-order chi connectivity index (χ0) is 12.7. The molecule has 0 aromatic carbocycles. The Kier molecular flexibility index (Phi) is 3.89. The van der Waals surface area contributed by atoms with E-state index in [0.717, 1.165) is 0 Å². The van der Waals surface area contributed by atoms with E-state index in [0.29, 0.717) is 5.92 Å². The minimum atomic E-state index is 0.256. The van der Waals surface area contributed by atoms with Crippen molar-refractivity contribution in [3.63, 3.8) is 0 Å². The van der Waals surface area contributed by atoms with Gasteiger partial charge in [-0.15, -0.1) is 0 Å². The quantitative estimate of drug-likeness (QED) is 0.543. The highest BCUT2D eigenvalue weighted by molar-refractivity contribution is 5.09. The molecule has 0 N–H and O–H groups in total. The van der Waals surface area contributed by atoms with Gasteiger partial charge in [-0.05, 0) is 29.1 Å². The average molecular weight is 210 g/mol. The number of rotatable bonds is 2. The molecule has 0 aromatic heterocycles. The molecule has 0 spiro atoms. The Labute approximate surface area is 97.2 Å². The average Bonchev–Trinajstić information content (AvgIpc) is 1.96. The van der Waals surface area contributed by atoms with Crippen molar-refractivity contribution in [1.29, 1.82) is 0 Å². The molecule has 1 atom stereocenters. The molecule has 0 rings (SSSR count). The second-order valence-electron chi connectivity index (χ2n) is 7.27. The molecule has 0 radical (unpaired) electrons. The molecule has 0 saturated heterocycles. The number of hydrogen-bond acceptors (Lipinski definition) is 0. The molecular weight excluding hydrogens is 180 g/mol. The van der Waals surface area contributed by atoms with E-state index in [4.69, 9.17) is 0 Å². The van der Waals surface area contributed by atoms with Crippen LogP contribution in [0.5, 0.6) is 0 Å². The van der Waals surface area contributed by atoms with Crippen molar-refractivity contribution < 1.29 is 0 Å². The Hall–Kier alpha value is -0.260. The molecule has 0 aliphatic rings. The molecule has 0 aliphatic heterocycles. The summed E-state index contributed by atoms with van der Waals surface area (Å²) in [6.45, 7) is 25.1. The zero-order valence-electron chi connectivity index (χ0n) is 12.3. The monoisotopic (exact) mass is 210 g/mol. The predicted molar refractivity (Wildman–Crippen MR) is 71.0 cm³/mol. The molecule has 0 heterocycles. The van der Waals surface area contributed by atoms with Gasteiger partial charge in [0, 0.05) is 0 Å². The molecule has 0 amide bonds. The molecule has 0 nitrogen and oxygen atoms in total. The lowest BCUT2D eigenvalue weighted by molar-refractivity contribution is -0.0501. The highest BCUT2D eigenvalue weighted by atomic mass is 14.5. The van der Waals surface area contributed by atoms with Crippen LogP contribution in [0.15, 0.2) is 12.2 Å². The van der Waals surface area contributed by atoms with Gasteiger partial charge < -0.3 is 0 Å². The van der Waals surface area contributed by atoms with Gasteiger partial charge in [0.25, 0.3) is 0 Å². The van der Waals surface area contributed by atoms with Crippen LogP contribution in [0.2, 0.25) is 0 Å². The molecule has 15 heavy (non-hydrogen) atoms. The van der Waals surface area contributed by atoms with Crippen LogP contribution in [0, 0.1) is 22.2 Å². The minimum absolute atomic E-state index is 0.256. The van der Waals surface area contributed by atoms with E-state index in [1.54, 1.807) is 0 Å². The van der Waals surface area contributed by atoms with Crippen LogP contribution in [0.3, 0.4) is 0 Å². The molecule has 90 valence electrons. The van der Waals surface area contributed by atoms with Crippen molar-refractivity contribution >= 4 is 0 Å². The topological polar surface area (TPSA) is 0 Å². The summed E-state index contributed by atoms with van der Waals surface area (Å²) >= 11 is 0. The SMILES string of the molecule is C=C(C)C(C)C(C)(C(C)(C)C)C(C)(C)C. The Morgan fingerprint density at radius 3 is 1.20 bits per heavy atom. The third kappa shape index (κ3) is 2.46. The van der Waals surface area contributed by atoms with Gasteiger partial charge in [0.15, 0.2) is 0 Å². The fraction of sp³-hybridized carbons (Fsp3) is 0.867. The van der Waals surface area contributed by atoms with Crippen LogP contribution < -0.4 is 0 Å². The van der Waals surface area contributed by atoms with E-state index in [1.165, 1.54) is 5.57 Å². The summed E-state index contributed by atoms with van der Waals surface area (Å²) in [5.41, 5.74) is 2.11. The fourth-order valence-corrected chi connectivity index (χ4v) is 2.92. The first-order chi connectivity index (χ1) is 6.35. The Morgan fingerprint density at radius 1 is 0.867 bits per heavy atom. The Bertz CT molecular complexity index is 218. The van der Waals surface area contributed by atoms with Crippen LogP contribution in [-0.4, -0.2) is 0 Å². The van der Waals surface area contributed by atoms with Crippen molar-refractivity contribution in [3.8, 4) is 0 Å². The summed E-state index contributed by atoms with van der Waals surface area (Å²) in [5.74, 6) is 0.539. The van der Waals surface area contributed by atoms with Crippen LogP contribution in [0.1, 0.15) is 62.3 Å². The van der Waals surface area contributed by atoms with Gasteiger partial charge in [0.2, 0.25) is 0 Å². The summed E-state index contributed by atoms with van der Waals surface area (Å²) in [7, 11) is 0. The number of allylic oxidation sites excluding steroid dienone is 1. The minimum Gasteiger partial charge on any atom is -0.0998 e. The molecule has 0 fully saturated rings. The van der Waals surface area contributed by atoms with Gasteiger partial charge in [-0.3, -0.25) is 0 Å². The lowest BCUT2D eigenvalue weighted by Crippen LogP contribution is -2.48. The molecule has 0 aliphatic carbocycles. The van der Waals surface area contributed by atoms with Crippen LogP contribution in [-0.2, 0) is 0 Å². The normalized spacial score (nSPS) is 16.3. The number of hydrogen-bond donors (Lipinski definition) is 0. The summed E-state index contributed by atoms with van der Waals surface area (Å²) in [6, 6.07) is 0. The summed E-state index contributed by atoms with van der Waals surface area (Å²) in [5, 5.41) is 0. The molecule has 0 aromatic rings. The van der Waals surface area contributed by atoms with E-state index in [2.05, 4.69) is 68.9 Å². The van der Waals surface area contributed by atoms with Gasteiger partial charge >= 0.3 is 0 Å². The third-order valence-electron chi connectivity index (χ3n) is 4.72. The first kappa shape index (κ1) is 14.7. The maximum atomic E-state index is 4.15. The lowest BCUT2D eigenvalue weighted by Gasteiger charge is -2.55. The lowest BCUT2D eigenvalue weighted by atomic mass is 9.49. The second-order valence-corrected chi connectivity index (χ2v) is 7.27. The van der Waals surface area contributed by atoms with Gasteiger partial charge in [-0.2, -0.15) is 0 Å². The standard InChI is InChI=1S/C15H30/c1-11(2)12(3)15(10,13(4,5)6)14(7,8)9/h12H,1H2,2-10H3. The maximum absolute atomic E-state index is 4.15. The van der Waals surface area contributed by atoms with Gasteiger partial charge in [-0.1, -0.05) is 67.5 Å².